The van der Waals surface area contributed by atoms with Gasteiger partial charge in [-0.05, 0) is 66.6 Å². The van der Waals surface area contributed by atoms with E-state index in [0.29, 0.717) is 30.6 Å². The maximum atomic E-state index is 14.2. The molecule has 3 aromatic rings. The van der Waals surface area contributed by atoms with Crippen LogP contribution in [0.25, 0.3) is 0 Å². The van der Waals surface area contributed by atoms with Gasteiger partial charge in [-0.25, -0.2) is 0 Å². The van der Waals surface area contributed by atoms with Crippen molar-refractivity contribution in [1.82, 2.24) is 20.1 Å². The molecule has 1 N–H and O–H groups in total. The zero-order valence-electron chi connectivity index (χ0n) is 23.1. The summed E-state index contributed by atoms with van der Waals surface area (Å²) in [7, 11) is 3.53. The largest absolute Gasteiger partial charge is 0.416 e. The molecule has 218 valence electrons. The van der Waals surface area contributed by atoms with Crippen LogP contribution in [0.2, 0.25) is 0 Å². The fourth-order valence-electron chi connectivity index (χ4n) is 6.66. The second kappa shape index (κ2) is 10.2. The van der Waals surface area contributed by atoms with Crippen molar-refractivity contribution in [3.63, 3.8) is 0 Å². The Kier molecular flexibility index (Phi) is 6.93. The lowest BCUT2D eigenvalue weighted by molar-refractivity contribution is -0.138. The van der Waals surface area contributed by atoms with Crippen molar-refractivity contribution in [3.05, 3.63) is 76.4 Å². The van der Waals surface area contributed by atoms with Crippen LogP contribution in [0.4, 0.5) is 23.2 Å². The van der Waals surface area contributed by atoms with Crippen LogP contribution in [0, 0.1) is 5.41 Å². The minimum atomic E-state index is -4.62. The maximum Gasteiger partial charge on any atom is 0.416 e. The van der Waals surface area contributed by atoms with Crippen LogP contribution in [-0.2, 0) is 36.5 Å². The van der Waals surface area contributed by atoms with Gasteiger partial charge in [0.05, 0.1) is 30.3 Å². The topological polar surface area (TPSA) is 72.3 Å². The van der Waals surface area contributed by atoms with Crippen molar-refractivity contribution in [2.75, 3.05) is 25.2 Å². The Morgan fingerprint density at radius 2 is 1.95 bits per heavy atom. The van der Waals surface area contributed by atoms with Crippen LogP contribution in [0.5, 0.6) is 0 Å². The van der Waals surface area contributed by atoms with Gasteiger partial charge < -0.3 is 19.5 Å². The second-order valence-corrected chi connectivity index (χ2v) is 11.8. The Morgan fingerprint density at radius 1 is 1.17 bits per heavy atom. The van der Waals surface area contributed by atoms with Gasteiger partial charge in [-0.2, -0.15) is 13.2 Å². The molecular weight excluding hydrogens is 538 g/mol. The lowest BCUT2D eigenvalue weighted by atomic mass is 9.62. The summed E-state index contributed by atoms with van der Waals surface area (Å²) >= 11 is 0. The van der Waals surface area contributed by atoms with E-state index in [-0.39, 0.29) is 30.3 Å². The molecule has 3 aliphatic rings. The van der Waals surface area contributed by atoms with Crippen molar-refractivity contribution >= 4 is 11.6 Å². The van der Waals surface area contributed by atoms with Crippen molar-refractivity contribution < 1.29 is 27.1 Å². The molecule has 11 heteroatoms. The normalized spacial score (nSPS) is 23.3. The first-order valence-electron chi connectivity index (χ1n) is 13.9. The second-order valence-electron chi connectivity index (χ2n) is 11.8. The third-order valence-corrected chi connectivity index (χ3v) is 9.27. The first-order valence-corrected chi connectivity index (χ1v) is 13.9. The fraction of sp³-hybridized carbons (Fsp3) is 0.500. The fourth-order valence-corrected chi connectivity index (χ4v) is 6.66. The quantitative estimate of drug-likeness (QED) is 0.352. The van der Waals surface area contributed by atoms with Crippen LogP contribution in [0.15, 0.2) is 42.7 Å². The molecule has 1 aliphatic heterocycles. The molecule has 1 aromatic heterocycles. The first kappa shape index (κ1) is 27.8. The number of hydrogen-bond acceptors (Lipinski definition) is 5. The predicted octanol–water partition coefficient (Wildman–Crippen LogP) is 5.32. The molecule has 2 aliphatic carbocycles. The third-order valence-electron chi connectivity index (χ3n) is 9.27. The summed E-state index contributed by atoms with van der Waals surface area (Å²) in [6.07, 6.45) is 0.895. The number of nitrogens with one attached hydrogen (secondary N) is 1. The number of nitrogens with zero attached hydrogens (tertiary/aromatic N) is 4. The Hall–Kier alpha value is -3.31. The standard InChI is InChI=1S/C30H33F4N5O2/c1-38-18-36-37-27(38)29(12-22(13-29)41-2)20-5-3-6-21(11-20)39-15-24-23(26(39)40)9-19(10-25(24)30(32,33)34)14-35-17-28(16-31)7-4-8-28/h3,5-6,9-11,18,22,35H,4,7-8,12-17H2,1-2H3. The average molecular weight is 572 g/mol. The van der Waals surface area contributed by atoms with Crippen molar-refractivity contribution in [2.45, 2.75) is 62.9 Å². The summed E-state index contributed by atoms with van der Waals surface area (Å²) < 4.78 is 63.6. The summed E-state index contributed by atoms with van der Waals surface area (Å²) in [4.78, 5) is 15.0. The van der Waals surface area contributed by atoms with Gasteiger partial charge >= 0.3 is 6.18 Å². The van der Waals surface area contributed by atoms with Gasteiger partial charge in [0.2, 0.25) is 0 Å². The molecule has 0 saturated heterocycles. The van der Waals surface area contributed by atoms with E-state index in [1.807, 2.05) is 29.8 Å². The van der Waals surface area contributed by atoms with E-state index in [4.69, 9.17) is 4.74 Å². The molecule has 2 fully saturated rings. The summed E-state index contributed by atoms with van der Waals surface area (Å²) in [5.41, 5.74) is 0.0996. The number of alkyl halides is 4. The number of benzene rings is 2. The minimum absolute atomic E-state index is 0.0259. The van der Waals surface area contributed by atoms with E-state index in [1.54, 1.807) is 25.6 Å². The highest BCUT2D eigenvalue weighted by molar-refractivity contribution is 6.10. The smallest absolute Gasteiger partial charge is 0.381 e. The Balaban J connectivity index is 1.30. The van der Waals surface area contributed by atoms with Gasteiger partial charge in [-0.15, -0.1) is 10.2 Å². The lowest BCUT2D eigenvalue weighted by Crippen LogP contribution is -2.48. The maximum absolute atomic E-state index is 14.2. The van der Waals surface area contributed by atoms with Gasteiger partial charge in [-0.1, -0.05) is 18.6 Å². The number of aryl methyl sites for hydroxylation is 1. The molecule has 1 amide bonds. The average Bonchev–Trinajstić information content (AvgIpc) is 3.48. The predicted molar refractivity (Wildman–Crippen MR) is 144 cm³/mol. The van der Waals surface area contributed by atoms with Crippen LogP contribution >= 0.6 is 0 Å². The number of aromatic nitrogens is 3. The Labute approximate surface area is 235 Å². The monoisotopic (exact) mass is 571 g/mol. The minimum Gasteiger partial charge on any atom is -0.381 e. The highest BCUT2D eigenvalue weighted by Crippen LogP contribution is 2.50. The lowest BCUT2D eigenvalue weighted by Gasteiger charge is -2.46. The van der Waals surface area contributed by atoms with E-state index in [2.05, 4.69) is 15.5 Å². The summed E-state index contributed by atoms with van der Waals surface area (Å²) in [6.45, 7) is -0.106. The van der Waals surface area contributed by atoms with E-state index in [1.165, 1.54) is 4.90 Å². The number of anilines is 1. The van der Waals surface area contributed by atoms with Crippen LogP contribution in [0.1, 0.15) is 70.5 Å². The van der Waals surface area contributed by atoms with Gasteiger partial charge in [0.15, 0.2) is 0 Å². The molecule has 7 nitrogen and oxygen atoms in total. The molecule has 0 bridgehead atoms. The number of fused-ring (bicyclic) bond motifs is 1. The number of halogens is 4. The molecule has 0 spiro atoms. The number of amides is 1. The summed E-state index contributed by atoms with van der Waals surface area (Å²) in [6, 6.07) is 10.0. The zero-order valence-corrected chi connectivity index (χ0v) is 23.1. The van der Waals surface area contributed by atoms with E-state index >= 15 is 0 Å². The highest BCUT2D eigenvalue weighted by atomic mass is 19.4. The summed E-state index contributed by atoms with van der Waals surface area (Å²) in [5, 5.41) is 11.5. The third kappa shape index (κ3) is 4.72. The number of hydrogen-bond donors (Lipinski definition) is 1. The van der Waals surface area contributed by atoms with E-state index in [0.717, 1.165) is 36.7 Å². The van der Waals surface area contributed by atoms with Gasteiger partial charge in [0.25, 0.3) is 5.91 Å². The van der Waals surface area contributed by atoms with E-state index in [9.17, 15) is 22.4 Å². The number of methoxy groups -OCH3 is 1. The number of carbonyl (C=O) groups is 1. The molecule has 2 heterocycles. The Morgan fingerprint density at radius 3 is 2.56 bits per heavy atom. The Bertz CT molecular complexity index is 1450. The number of ether oxygens (including phenoxy) is 1. The first-order chi connectivity index (χ1) is 19.6. The molecule has 2 saturated carbocycles. The molecule has 0 radical (unpaired) electrons. The SMILES string of the molecule is COC1CC(c2cccc(N3Cc4c(cc(CNCC5(CF)CCC5)cc4C(F)(F)F)C3=O)c2)(c2nncn2C)C1. The molecule has 0 atom stereocenters. The molecule has 6 rings (SSSR count). The van der Waals surface area contributed by atoms with Gasteiger partial charge in [0.1, 0.15) is 12.2 Å². The van der Waals surface area contributed by atoms with Gasteiger partial charge in [0, 0.05) is 43.9 Å². The van der Waals surface area contributed by atoms with E-state index < -0.39 is 35.2 Å². The zero-order chi connectivity index (χ0) is 29.0. The number of rotatable bonds is 9. The van der Waals surface area contributed by atoms with Gasteiger partial charge in [-0.3, -0.25) is 9.18 Å². The molecule has 0 unspecified atom stereocenters. The number of carbonyl (C=O) groups excluding carboxylic acids is 1. The molecular formula is C30H33F4N5O2. The molecule has 41 heavy (non-hydrogen) atoms. The van der Waals surface area contributed by atoms with Crippen molar-refractivity contribution in [1.29, 1.82) is 0 Å². The van der Waals surface area contributed by atoms with Crippen molar-refractivity contribution in [3.8, 4) is 0 Å². The molecule has 2 aromatic carbocycles. The van der Waals surface area contributed by atoms with Crippen LogP contribution in [0.3, 0.4) is 0 Å². The van der Waals surface area contributed by atoms with Crippen LogP contribution in [-0.4, -0.2) is 47.1 Å². The summed E-state index contributed by atoms with van der Waals surface area (Å²) in [5.74, 6) is 0.298. The van der Waals surface area contributed by atoms with Crippen molar-refractivity contribution in [2.24, 2.45) is 12.5 Å². The highest BCUT2D eigenvalue weighted by Gasteiger charge is 2.50. The van der Waals surface area contributed by atoms with Crippen LogP contribution < -0.4 is 10.2 Å².